The molecule has 0 aromatic rings. The Bertz CT molecular complexity index is 130. The van der Waals surface area contributed by atoms with Gasteiger partial charge in [-0.3, -0.25) is 0 Å². The Morgan fingerprint density at radius 1 is 1.67 bits per heavy atom. The summed E-state index contributed by atoms with van der Waals surface area (Å²) in [5.41, 5.74) is 0. The molecule has 0 N–H and O–H groups in total. The van der Waals surface area contributed by atoms with Crippen molar-refractivity contribution in [3.8, 4) is 12.5 Å². The van der Waals surface area contributed by atoms with Crippen molar-refractivity contribution in [1.82, 2.24) is 4.90 Å². The zero-order chi connectivity index (χ0) is 7.28. The highest BCUT2D eigenvalue weighted by molar-refractivity contribution is 4.95. The number of allylic oxidation sites excluding steroid dienone is 1. The topological polar surface area (TPSA) is 3.24 Å². The molecule has 0 heterocycles. The normalized spacial score (nSPS) is 13.1. The summed E-state index contributed by atoms with van der Waals surface area (Å²) in [6.45, 7) is 4.04. The molecule has 0 saturated carbocycles. The van der Waals surface area contributed by atoms with Crippen molar-refractivity contribution in [2.45, 2.75) is 19.9 Å². The summed E-state index contributed by atoms with van der Waals surface area (Å²) >= 11 is 0. The van der Waals surface area contributed by atoms with E-state index < -0.39 is 0 Å². The zero-order valence-corrected chi connectivity index (χ0v) is 6.26. The second kappa shape index (κ2) is 4.03. The Hall–Kier alpha value is -0.900. The van der Waals surface area contributed by atoms with Gasteiger partial charge in [0.25, 0.3) is 0 Å². The van der Waals surface area contributed by atoms with E-state index in [0.717, 1.165) is 0 Å². The van der Waals surface area contributed by atoms with Gasteiger partial charge in [-0.1, -0.05) is 18.6 Å². The monoisotopic (exact) mass is 123 g/mol. The van der Waals surface area contributed by atoms with Crippen LogP contribution in [0.15, 0.2) is 12.2 Å². The van der Waals surface area contributed by atoms with Gasteiger partial charge in [-0.25, -0.2) is 0 Å². The molecule has 0 saturated heterocycles. The number of nitrogens with zero attached hydrogens (tertiary/aromatic N) is 1. The van der Waals surface area contributed by atoms with Gasteiger partial charge in [-0.05, 0) is 13.8 Å². The largest absolute Gasteiger partial charge is 0.329 e. The fraction of sp³-hybridized carbons (Fsp3) is 0.500. The molecule has 0 aliphatic rings. The average Bonchev–Trinajstić information content (AvgIpc) is 1.87. The van der Waals surface area contributed by atoms with Crippen LogP contribution < -0.4 is 0 Å². The van der Waals surface area contributed by atoms with Crippen LogP contribution in [0.3, 0.4) is 0 Å². The molecule has 0 fully saturated rings. The first-order chi connectivity index (χ1) is 4.22. The molecular weight excluding hydrogens is 110 g/mol. The summed E-state index contributed by atoms with van der Waals surface area (Å²) in [4.78, 5) is 1.82. The van der Waals surface area contributed by atoms with Crippen LogP contribution >= 0.6 is 0 Å². The third kappa shape index (κ3) is 2.81. The first-order valence-electron chi connectivity index (χ1n) is 3.04. The van der Waals surface area contributed by atoms with Crippen LogP contribution in [-0.2, 0) is 0 Å². The number of terminal acetylenes is 1. The molecule has 0 radical (unpaired) electrons. The van der Waals surface area contributed by atoms with E-state index >= 15 is 0 Å². The Morgan fingerprint density at radius 2 is 2.22 bits per heavy atom. The number of rotatable bonds is 2. The maximum absolute atomic E-state index is 5.15. The Balaban J connectivity index is 3.75. The van der Waals surface area contributed by atoms with Gasteiger partial charge in [-0.2, -0.15) is 0 Å². The highest BCUT2D eigenvalue weighted by Crippen LogP contribution is 1.93. The minimum absolute atomic E-state index is 0.347. The molecule has 1 atom stereocenters. The molecule has 50 valence electrons. The van der Waals surface area contributed by atoms with Gasteiger partial charge in [0.05, 0.1) is 6.04 Å². The molecule has 0 spiro atoms. The van der Waals surface area contributed by atoms with E-state index in [2.05, 4.69) is 19.0 Å². The molecule has 9 heavy (non-hydrogen) atoms. The minimum Gasteiger partial charge on any atom is -0.329 e. The number of hydrogen-bond acceptors (Lipinski definition) is 1. The summed E-state index contributed by atoms with van der Waals surface area (Å²) < 4.78 is 0. The summed E-state index contributed by atoms with van der Waals surface area (Å²) in [6, 6.07) is 2.88. The third-order valence-corrected chi connectivity index (χ3v) is 1.29. The third-order valence-electron chi connectivity index (χ3n) is 1.29. The van der Waals surface area contributed by atoms with Gasteiger partial charge in [0.2, 0.25) is 0 Å². The van der Waals surface area contributed by atoms with Crippen molar-refractivity contribution in [3.63, 3.8) is 0 Å². The van der Waals surface area contributed by atoms with Gasteiger partial charge in [-0.15, -0.1) is 0 Å². The SMILES string of the molecule is C#CN(C)C(C)/C=C\C. The van der Waals surface area contributed by atoms with Crippen molar-refractivity contribution < 1.29 is 0 Å². The lowest BCUT2D eigenvalue weighted by Gasteiger charge is -2.15. The lowest BCUT2D eigenvalue weighted by Crippen LogP contribution is -2.21. The maximum Gasteiger partial charge on any atom is 0.0519 e. The average molecular weight is 123 g/mol. The van der Waals surface area contributed by atoms with E-state index in [9.17, 15) is 0 Å². The van der Waals surface area contributed by atoms with Crippen molar-refractivity contribution in [2.75, 3.05) is 7.05 Å². The minimum atomic E-state index is 0.347. The lowest BCUT2D eigenvalue weighted by molar-refractivity contribution is 0.432. The van der Waals surface area contributed by atoms with Crippen molar-refractivity contribution in [2.24, 2.45) is 0 Å². The number of likely N-dealkylation sites (N-methyl/N-ethyl adjacent to an activating group) is 1. The first-order valence-corrected chi connectivity index (χ1v) is 3.04. The van der Waals surface area contributed by atoms with E-state index in [4.69, 9.17) is 6.42 Å². The smallest absolute Gasteiger partial charge is 0.0519 e. The molecule has 1 nitrogen and oxygen atoms in total. The van der Waals surface area contributed by atoms with E-state index in [1.165, 1.54) is 0 Å². The Labute approximate surface area is 57.4 Å². The van der Waals surface area contributed by atoms with Crippen LogP contribution in [0.1, 0.15) is 13.8 Å². The van der Waals surface area contributed by atoms with Crippen LogP contribution in [0.2, 0.25) is 0 Å². The van der Waals surface area contributed by atoms with Gasteiger partial charge in [0.15, 0.2) is 0 Å². The molecule has 0 aromatic heterocycles. The highest BCUT2D eigenvalue weighted by atomic mass is 15.1. The second-order valence-electron chi connectivity index (χ2n) is 2.01. The predicted octanol–water partition coefficient (Wildman–Crippen LogP) is 1.47. The molecule has 0 bridgehead atoms. The molecule has 1 unspecified atom stereocenters. The molecule has 0 rings (SSSR count). The fourth-order valence-electron chi connectivity index (χ4n) is 0.525. The number of hydrogen-bond donors (Lipinski definition) is 0. The van der Waals surface area contributed by atoms with Crippen molar-refractivity contribution in [1.29, 1.82) is 0 Å². The Morgan fingerprint density at radius 3 is 2.56 bits per heavy atom. The summed E-state index contributed by atoms with van der Waals surface area (Å²) in [7, 11) is 1.89. The summed E-state index contributed by atoms with van der Waals surface area (Å²) in [5.74, 6) is 0. The van der Waals surface area contributed by atoms with Crippen molar-refractivity contribution in [3.05, 3.63) is 12.2 Å². The van der Waals surface area contributed by atoms with Crippen LogP contribution in [0.25, 0.3) is 0 Å². The Kier molecular flexibility index (Phi) is 3.62. The van der Waals surface area contributed by atoms with E-state index in [-0.39, 0.29) is 0 Å². The van der Waals surface area contributed by atoms with Gasteiger partial charge < -0.3 is 4.90 Å². The first kappa shape index (κ1) is 8.10. The molecule has 0 aliphatic heterocycles. The van der Waals surface area contributed by atoms with Crippen LogP contribution in [-0.4, -0.2) is 18.0 Å². The molecule has 0 aromatic carbocycles. The van der Waals surface area contributed by atoms with Crippen LogP contribution in [0, 0.1) is 12.5 Å². The standard InChI is InChI=1S/C8H13N/c1-5-7-8(3)9(4)6-2/h2,5,7-8H,1,3-4H3/b7-5-. The highest BCUT2D eigenvalue weighted by Gasteiger charge is 1.96. The van der Waals surface area contributed by atoms with E-state index in [0.29, 0.717) is 6.04 Å². The van der Waals surface area contributed by atoms with E-state index in [1.807, 2.05) is 24.9 Å². The lowest BCUT2D eigenvalue weighted by atomic mass is 10.3. The van der Waals surface area contributed by atoms with Crippen molar-refractivity contribution >= 4 is 0 Å². The van der Waals surface area contributed by atoms with Crippen LogP contribution in [0.4, 0.5) is 0 Å². The molecular formula is C8H13N. The van der Waals surface area contributed by atoms with E-state index in [1.54, 1.807) is 0 Å². The summed E-state index contributed by atoms with van der Waals surface area (Å²) in [6.07, 6.45) is 9.20. The molecule has 1 heteroatoms. The predicted molar refractivity (Wildman–Crippen MR) is 40.9 cm³/mol. The fourth-order valence-corrected chi connectivity index (χ4v) is 0.525. The summed E-state index contributed by atoms with van der Waals surface area (Å²) in [5, 5.41) is 0. The second-order valence-corrected chi connectivity index (χ2v) is 2.01. The van der Waals surface area contributed by atoms with Gasteiger partial charge in [0, 0.05) is 13.1 Å². The van der Waals surface area contributed by atoms with Crippen LogP contribution in [0.5, 0.6) is 0 Å². The van der Waals surface area contributed by atoms with Gasteiger partial charge in [0.1, 0.15) is 0 Å². The van der Waals surface area contributed by atoms with Gasteiger partial charge >= 0.3 is 0 Å². The molecule has 0 aliphatic carbocycles. The maximum atomic E-state index is 5.15. The quantitative estimate of drug-likeness (QED) is 0.305. The zero-order valence-electron chi connectivity index (χ0n) is 6.26. The molecule has 0 amide bonds.